The molecule has 0 saturated carbocycles. The number of Topliss-reactive ketones (excluding diaryl/α,β-unsaturated/α-hetero) is 1. The van der Waals surface area contributed by atoms with Crippen molar-refractivity contribution in [1.82, 2.24) is 4.57 Å². The van der Waals surface area contributed by atoms with Gasteiger partial charge in [-0.15, -0.1) is 0 Å². The third-order valence-corrected chi connectivity index (χ3v) is 5.12. The third-order valence-electron chi connectivity index (χ3n) is 5.12. The van der Waals surface area contributed by atoms with Crippen LogP contribution in [0, 0.1) is 49.1 Å². The molecular formula is C24H21N3O3. The molecule has 150 valence electrons. The van der Waals surface area contributed by atoms with Crippen molar-refractivity contribution in [3.05, 3.63) is 97.9 Å². The first-order valence-electron chi connectivity index (χ1n) is 9.41. The minimum atomic E-state index is -0.565. The summed E-state index contributed by atoms with van der Waals surface area (Å²) in [5.74, 6) is -0.543. The SMILES string of the molecule is Cc1cccc(C)c1-n1c(C)cc(/C=C(\C#N)C(=O)c2cccc([N+](=O)[O-])c2)c1C. The van der Waals surface area contributed by atoms with E-state index in [1.165, 1.54) is 24.3 Å². The number of rotatable bonds is 5. The van der Waals surface area contributed by atoms with Gasteiger partial charge in [0, 0.05) is 29.1 Å². The number of aromatic nitrogens is 1. The van der Waals surface area contributed by atoms with E-state index in [0.29, 0.717) is 0 Å². The standard InChI is InChI=1S/C24H21N3O3/c1-15-7-5-8-16(2)23(15)26-17(3)11-20(18(26)4)12-21(14-25)24(28)19-9-6-10-22(13-19)27(29)30/h5-13H,1-4H3/b21-12+. The Morgan fingerprint density at radius 1 is 1.07 bits per heavy atom. The number of allylic oxidation sites excluding steroid dienone is 1. The van der Waals surface area contributed by atoms with E-state index in [4.69, 9.17) is 0 Å². The summed E-state index contributed by atoms with van der Waals surface area (Å²) in [5.41, 5.74) is 5.83. The van der Waals surface area contributed by atoms with Crippen LogP contribution in [0.3, 0.4) is 0 Å². The normalized spacial score (nSPS) is 11.2. The minimum absolute atomic E-state index is 0.0720. The summed E-state index contributed by atoms with van der Waals surface area (Å²) in [5, 5.41) is 20.6. The number of non-ortho nitro benzene ring substituents is 1. The fraction of sp³-hybridized carbons (Fsp3) is 0.167. The van der Waals surface area contributed by atoms with Gasteiger partial charge in [0.25, 0.3) is 5.69 Å². The molecule has 30 heavy (non-hydrogen) atoms. The Bertz CT molecular complexity index is 1220. The zero-order chi connectivity index (χ0) is 22.0. The van der Waals surface area contributed by atoms with Crippen LogP contribution in [-0.4, -0.2) is 15.3 Å². The van der Waals surface area contributed by atoms with Crippen molar-refractivity contribution in [2.75, 3.05) is 0 Å². The molecule has 1 aromatic heterocycles. The summed E-state index contributed by atoms with van der Waals surface area (Å²) in [4.78, 5) is 23.2. The number of hydrogen-bond donors (Lipinski definition) is 0. The molecule has 0 amide bonds. The number of hydrogen-bond acceptors (Lipinski definition) is 4. The Balaban J connectivity index is 2.08. The lowest BCUT2D eigenvalue weighted by molar-refractivity contribution is -0.384. The molecule has 0 aliphatic rings. The molecule has 2 aromatic carbocycles. The fourth-order valence-electron chi connectivity index (χ4n) is 3.66. The molecule has 6 heteroatoms. The number of carbonyl (C=O) groups is 1. The van der Waals surface area contributed by atoms with Crippen LogP contribution in [0.15, 0.2) is 54.1 Å². The van der Waals surface area contributed by atoms with Crippen LogP contribution in [0.4, 0.5) is 5.69 Å². The van der Waals surface area contributed by atoms with Gasteiger partial charge in [-0.25, -0.2) is 0 Å². The molecule has 0 fully saturated rings. The van der Waals surface area contributed by atoms with Crippen molar-refractivity contribution in [2.24, 2.45) is 0 Å². The van der Waals surface area contributed by atoms with E-state index in [-0.39, 0.29) is 16.8 Å². The van der Waals surface area contributed by atoms with Crippen LogP contribution in [0.1, 0.15) is 38.4 Å². The van der Waals surface area contributed by atoms with Gasteiger partial charge in [0.15, 0.2) is 0 Å². The van der Waals surface area contributed by atoms with Crippen molar-refractivity contribution >= 4 is 17.5 Å². The predicted molar refractivity (Wildman–Crippen MR) is 116 cm³/mol. The van der Waals surface area contributed by atoms with Gasteiger partial charge in [-0.3, -0.25) is 14.9 Å². The first kappa shape index (κ1) is 20.7. The van der Waals surface area contributed by atoms with E-state index in [9.17, 15) is 20.2 Å². The maximum absolute atomic E-state index is 12.8. The van der Waals surface area contributed by atoms with Gasteiger partial charge < -0.3 is 4.57 Å². The molecule has 3 rings (SSSR count). The molecule has 0 bridgehead atoms. The Morgan fingerprint density at radius 3 is 2.30 bits per heavy atom. The summed E-state index contributed by atoms with van der Waals surface area (Å²) < 4.78 is 2.11. The highest BCUT2D eigenvalue weighted by atomic mass is 16.6. The summed E-state index contributed by atoms with van der Waals surface area (Å²) in [6, 6.07) is 15.4. The lowest BCUT2D eigenvalue weighted by Crippen LogP contribution is -2.04. The molecule has 0 aliphatic heterocycles. The molecule has 6 nitrogen and oxygen atoms in total. The number of aryl methyl sites for hydroxylation is 3. The monoisotopic (exact) mass is 399 g/mol. The lowest BCUT2D eigenvalue weighted by atomic mass is 10.0. The molecule has 0 atom stereocenters. The first-order valence-corrected chi connectivity index (χ1v) is 9.41. The average Bonchev–Trinajstić information content (AvgIpc) is 2.99. The van der Waals surface area contributed by atoms with Crippen LogP contribution in [0.25, 0.3) is 11.8 Å². The van der Waals surface area contributed by atoms with E-state index < -0.39 is 10.7 Å². The second-order valence-corrected chi connectivity index (χ2v) is 7.21. The molecule has 0 radical (unpaired) electrons. The number of ketones is 1. The van der Waals surface area contributed by atoms with Crippen LogP contribution in [0.5, 0.6) is 0 Å². The van der Waals surface area contributed by atoms with E-state index in [1.807, 2.05) is 58.0 Å². The maximum atomic E-state index is 12.8. The van der Waals surface area contributed by atoms with Crippen molar-refractivity contribution in [3.63, 3.8) is 0 Å². The van der Waals surface area contributed by atoms with Crippen molar-refractivity contribution < 1.29 is 9.72 Å². The molecule has 0 aliphatic carbocycles. The number of benzene rings is 2. The molecular weight excluding hydrogens is 378 g/mol. The molecule has 0 unspecified atom stereocenters. The van der Waals surface area contributed by atoms with Gasteiger partial charge >= 0.3 is 0 Å². The lowest BCUT2D eigenvalue weighted by Gasteiger charge is -2.15. The van der Waals surface area contributed by atoms with Gasteiger partial charge in [-0.1, -0.05) is 30.3 Å². The van der Waals surface area contributed by atoms with Crippen LogP contribution in [0.2, 0.25) is 0 Å². The summed E-state index contributed by atoms with van der Waals surface area (Å²) in [6.07, 6.45) is 1.55. The van der Waals surface area contributed by atoms with Gasteiger partial charge in [-0.05, 0) is 56.5 Å². The van der Waals surface area contributed by atoms with Crippen LogP contribution < -0.4 is 0 Å². The molecule has 0 saturated heterocycles. The van der Waals surface area contributed by atoms with Gasteiger partial charge in [0.1, 0.15) is 11.6 Å². The largest absolute Gasteiger partial charge is 0.317 e. The zero-order valence-corrected chi connectivity index (χ0v) is 17.3. The highest BCUT2D eigenvalue weighted by Crippen LogP contribution is 2.27. The first-order chi connectivity index (χ1) is 14.2. The Kier molecular flexibility index (Phi) is 5.65. The van der Waals surface area contributed by atoms with Crippen molar-refractivity contribution in [2.45, 2.75) is 27.7 Å². The summed E-state index contributed by atoms with van der Waals surface area (Å²) in [7, 11) is 0. The number of nitro benzene ring substituents is 1. The Labute approximate surface area is 174 Å². The van der Waals surface area contributed by atoms with E-state index in [2.05, 4.69) is 4.57 Å². The van der Waals surface area contributed by atoms with E-state index in [1.54, 1.807) is 6.08 Å². The number of nitro groups is 1. The zero-order valence-electron chi connectivity index (χ0n) is 17.3. The van der Waals surface area contributed by atoms with Gasteiger partial charge in [-0.2, -0.15) is 5.26 Å². The third kappa shape index (κ3) is 3.78. The summed E-state index contributed by atoms with van der Waals surface area (Å²) in [6.45, 7) is 8.01. The average molecular weight is 399 g/mol. The molecule has 0 N–H and O–H groups in total. The van der Waals surface area contributed by atoms with Crippen LogP contribution >= 0.6 is 0 Å². The van der Waals surface area contributed by atoms with E-state index in [0.717, 1.165) is 33.8 Å². The molecule has 3 aromatic rings. The van der Waals surface area contributed by atoms with Gasteiger partial charge in [0.2, 0.25) is 5.78 Å². The maximum Gasteiger partial charge on any atom is 0.270 e. The number of nitrogens with zero attached hydrogens (tertiary/aromatic N) is 3. The summed E-state index contributed by atoms with van der Waals surface area (Å²) >= 11 is 0. The predicted octanol–water partition coefficient (Wildman–Crippen LogP) is 5.41. The molecule has 0 spiro atoms. The fourth-order valence-corrected chi connectivity index (χ4v) is 3.66. The minimum Gasteiger partial charge on any atom is -0.317 e. The van der Waals surface area contributed by atoms with E-state index >= 15 is 0 Å². The highest BCUT2D eigenvalue weighted by molar-refractivity contribution is 6.14. The smallest absolute Gasteiger partial charge is 0.270 e. The molecule has 1 heterocycles. The number of carbonyl (C=O) groups excluding carboxylic acids is 1. The Morgan fingerprint density at radius 2 is 1.70 bits per heavy atom. The second-order valence-electron chi connectivity index (χ2n) is 7.21. The second kappa shape index (κ2) is 8.18. The topological polar surface area (TPSA) is 88.9 Å². The number of nitriles is 1. The van der Waals surface area contributed by atoms with Crippen LogP contribution in [-0.2, 0) is 0 Å². The quantitative estimate of drug-likeness (QED) is 0.189. The van der Waals surface area contributed by atoms with Crippen molar-refractivity contribution in [3.8, 4) is 11.8 Å². The Hall–Kier alpha value is -3.98. The van der Waals surface area contributed by atoms with Crippen molar-refractivity contribution in [1.29, 1.82) is 5.26 Å². The number of para-hydroxylation sites is 1. The van der Waals surface area contributed by atoms with Gasteiger partial charge in [0.05, 0.1) is 10.6 Å². The highest BCUT2D eigenvalue weighted by Gasteiger charge is 2.18.